The number of aryl methyl sites for hydroxylation is 2. The zero-order valence-electron chi connectivity index (χ0n) is 18.5. The molecule has 0 aliphatic carbocycles. The molecule has 1 unspecified atom stereocenters. The van der Waals surface area contributed by atoms with E-state index in [2.05, 4.69) is 29.3 Å². The molecule has 0 radical (unpaired) electrons. The number of amides is 1. The second kappa shape index (κ2) is 10.7. The van der Waals surface area contributed by atoms with Crippen molar-refractivity contribution >= 4 is 5.91 Å². The van der Waals surface area contributed by atoms with E-state index in [0.29, 0.717) is 18.8 Å². The molecule has 162 valence electrons. The first-order valence-electron chi connectivity index (χ1n) is 10.4. The second-order valence-electron chi connectivity index (χ2n) is 8.54. The molecule has 1 amide bonds. The lowest BCUT2D eigenvalue weighted by molar-refractivity contribution is -0.123. The predicted octanol–water partition coefficient (Wildman–Crippen LogP) is 4.24. The number of phenols is 1. The minimum Gasteiger partial charge on any atom is -0.508 e. The van der Waals surface area contributed by atoms with Crippen LogP contribution in [-0.2, 0) is 22.4 Å². The Hall–Kier alpha value is -2.95. The third-order valence-electron chi connectivity index (χ3n) is 4.57. The average molecular weight is 411 g/mol. The summed E-state index contributed by atoms with van der Waals surface area (Å²) in [5, 5.41) is 15.9. The van der Waals surface area contributed by atoms with Gasteiger partial charge in [0.05, 0.1) is 0 Å². The van der Waals surface area contributed by atoms with Crippen LogP contribution in [0.5, 0.6) is 5.75 Å². The summed E-state index contributed by atoms with van der Waals surface area (Å²) in [5.74, 6) is 0.504. The lowest BCUT2D eigenvalue weighted by atomic mass is 10.0. The molecule has 30 heavy (non-hydrogen) atoms. The zero-order chi connectivity index (χ0) is 22.1. The second-order valence-corrected chi connectivity index (χ2v) is 8.54. The molecule has 2 aromatic carbocycles. The number of nitrogens with one attached hydrogen (secondary N) is 2. The Morgan fingerprint density at radius 1 is 1.13 bits per heavy atom. The van der Waals surface area contributed by atoms with Gasteiger partial charge >= 0.3 is 0 Å². The Balaban J connectivity index is 1.98. The molecule has 5 nitrogen and oxygen atoms in total. The summed E-state index contributed by atoms with van der Waals surface area (Å²) >= 11 is 0. The van der Waals surface area contributed by atoms with E-state index in [1.54, 1.807) is 6.07 Å². The van der Waals surface area contributed by atoms with Crippen molar-refractivity contribution in [2.24, 2.45) is 0 Å². The molecule has 0 aliphatic heterocycles. The van der Waals surface area contributed by atoms with Crippen LogP contribution in [0.4, 0.5) is 0 Å². The molecule has 0 spiro atoms. The summed E-state index contributed by atoms with van der Waals surface area (Å²) in [6.07, 6.45) is 2.23. The number of aromatic hydroxyl groups is 1. The summed E-state index contributed by atoms with van der Waals surface area (Å²) in [6.45, 7) is 12.1. The number of benzene rings is 2. The fraction of sp³-hybridized carbons (Fsp3) is 0.400. The van der Waals surface area contributed by atoms with E-state index in [0.717, 1.165) is 24.0 Å². The van der Waals surface area contributed by atoms with Gasteiger partial charge in [0.25, 0.3) is 0 Å². The van der Waals surface area contributed by atoms with Crippen molar-refractivity contribution in [1.82, 2.24) is 10.6 Å². The van der Waals surface area contributed by atoms with E-state index in [1.165, 1.54) is 5.56 Å². The van der Waals surface area contributed by atoms with Crippen molar-refractivity contribution in [3.63, 3.8) is 0 Å². The van der Waals surface area contributed by atoms with Gasteiger partial charge in [0, 0.05) is 13.0 Å². The molecule has 0 saturated carbocycles. The first kappa shape index (κ1) is 23.3. The summed E-state index contributed by atoms with van der Waals surface area (Å²) in [6, 6.07) is 15.1. The van der Waals surface area contributed by atoms with Gasteiger partial charge in [-0.15, -0.1) is 0 Å². The average Bonchev–Trinajstić information content (AvgIpc) is 2.67. The van der Waals surface area contributed by atoms with Crippen molar-refractivity contribution < 1.29 is 14.6 Å². The van der Waals surface area contributed by atoms with Crippen molar-refractivity contribution in [3.05, 3.63) is 77.7 Å². The van der Waals surface area contributed by atoms with Gasteiger partial charge < -0.3 is 20.5 Å². The lowest BCUT2D eigenvalue weighted by Crippen LogP contribution is -2.46. The maximum absolute atomic E-state index is 12.9. The third-order valence-corrected chi connectivity index (χ3v) is 4.57. The summed E-state index contributed by atoms with van der Waals surface area (Å²) in [5.41, 5.74) is 2.58. The lowest BCUT2D eigenvalue weighted by Gasteiger charge is -2.27. The highest BCUT2D eigenvalue weighted by Crippen LogP contribution is 2.19. The van der Waals surface area contributed by atoms with E-state index < -0.39 is 11.6 Å². The van der Waals surface area contributed by atoms with Gasteiger partial charge in [-0.25, -0.2) is 0 Å². The van der Waals surface area contributed by atoms with E-state index >= 15 is 0 Å². The van der Waals surface area contributed by atoms with E-state index in [-0.39, 0.29) is 11.7 Å². The number of hydrogen-bond donors (Lipinski definition) is 3. The van der Waals surface area contributed by atoms with Gasteiger partial charge in [-0.2, -0.15) is 0 Å². The first-order chi connectivity index (χ1) is 14.1. The highest BCUT2D eigenvalue weighted by Gasteiger charge is 2.22. The minimum atomic E-state index is -0.527. The molecule has 0 aromatic heterocycles. The molecular weight excluding hydrogens is 376 g/mol. The largest absolute Gasteiger partial charge is 0.508 e. The van der Waals surface area contributed by atoms with Gasteiger partial charge in [0.15, 0.2) is 5.88 Å². The molecule has 5 heteroatoms. The fourth-order valence-corrected chi connectivity index (χ4v) is 3.15. The Labute approximate surface area is 180 Å². The molecule has 0 fully saturated rings. The smallest absolute Gasteiger partial charge is 0.242 e. The van der Waals surface area contributed by atoms with Crippen molar-refractivity contribution in [2.75, 3.05) is 6.54 Å². The number of hydrogen-bond acceptors (Lipinski definition) is 4. The van der Waals surface area contributed by atoms with Crippen LogP contribution >= 0.6 is 0 Å². The van der Waals surface area contributed by atoms with Crippen LogP contribution in [0.25, 0.3) is 0 Å². The summed E-state index contributed by atoms with van der Waals surface area (Å²) < 4.78 is 5.76. The molecule has 3 N–H and O–H groups in total. The standard InChI is InChI=1S/C25H34N2O3/c1-18-16-21(13-14-23(18)28)17-22(27-19(2)30-25(3,4)5)24(29)26-15-9-12-20-10-7-6-8-11-20/h6-8,10-11,13-14,16,22,27-28H,2,9,12,15,17H2,1,3-5H3,(H,26,29). The van der Waals surface area contributed by atoms with Crippen LogP contribution in [0, 0.1) is 6.92 Å². The molecule has 2 aromatic rings. The normalized spacial score (nSPS) is 12.1. The van der Waals surface area contributed by atoms with Gasteiger partial charge in [0.2, 0.25) is 5.91 Å². The first-order valence-corrected chi connectivity index (χ1v) is 10.4. The quantitative estimate of drug-likeness (QED) is 0.405. The number of ether oxygens (including phenoxy) is 1. The van der Waals surface area contributed by atoms with E-state index in [9.17, 15) is 9.90 Å². The van der Waals surface area contributed by atoms with Gasteiger partial charge in [-0.3, -0.25) is 4.79 Å². The topological polar surface area (TPSA) is 70.6 Å². The Morgan fingerprint density at radius 2 is 1.83 bits per heavy atom. The third kappa shape index (κ3) is 8.19. The highest BCUT2D eigenvalue weighted by molar-refractivity contribution is 5.82. The Morgan fingerprint density at radius 3 is 2.47 bits per heavy atom. The SMILES string of the molecule is C=C(NC(Cc1ccc(O)c(C)c1)C(=O)NCCCc1ccccc1)OC(C)(C)C. The molecule has 2 rings (SSSR count). The number of carbonyl (C=O) groups excluding carboxylic acids is 1. The Kier molecular flexibility index (Phi) is 8.34. The predicted molar refractivity (Wildman–Crippen MR) is 121 cm³/mol. The number of phenolic OH excluding ortho intramolecular Hbond substituents is 1. The van der Waals surface area contributed by atoms with E-state index in [1.807, 2.05) is 58.0 Å². The van der Waals surface area contributed by atoms with Gasteiger partial charge in [0.1, 0.15) is 17.4 Å². The van der Waals surface area contributed by atoms with Crippen molar-refractivity contribution in [3.8, 4) is 5.75 Å². The zero-order valence-corrected chi connectivity index (χ0v) is 18.5. The van der Waals surface area contributed by atoms with Gasteiger partial charge in [-0.05, 0) is 69.9 Å². The molecule has 1 atom stereocenters. The molecule has 0 saturated heterocycles. The maximum Gasteiger partial charge on any atom is 0.242 e. The van der Waals surface area contributed by atoms with Crippen LogP contribution in [0.1, 0.15) is 43.9 Å². The highest BCUT2D eigenvalue weighted by atomic mass is 16.5. The monoisotopic (exact) mass is 410 g/mol. The maximum atomic E-state index is 12.9. The minimum absolute atomic E-state index is 0.104. The van der Waals surface area contributed by atoms with Crippen LogP contribution < -0.4 is 10.6 Å². The molecule has 0 aliphatic rings. The molecule has 0 heterocycles. The van der Waals surface area contributed by atoms with Crippen LogP contribution in [0.2, 0.25) is 0 Å². The van der Waals surface area contributed by atoms with Crippen LogP contribution in [-0.4, -0.2) is 29.2 Å². The van der Waals surface area contributed by atoms with Crippen molar-refractivity contribution in [1.29, 1.82) is 0 Å². The molecule has 0 bridgehead atoms. The summed E-state index contributed by atoms with van der Waals surface area (Å²) in [7, 11) is 0. The summed E-state index contributed by atoms with van der Waals surface area (Å²) in [4.78, 5) is 12.9. The Bertz CT molecular complexity index is 841. The number of carbonyl (C=O) groups is 1. The van der Waals surface area contributed by atoms with Crippen molar-refractivity contribution in [2.45, 2.75) is 58.6 Å². The van der Waals surface area contributed by atoms with Gasteiger partial charge in [-0.1, -0.05) is 42.5 Å². The van der Waals surface area contributed by atoms with Crippen LogP contribution in [0.15, 0.2) is 61.0 Å². The molecular formula is C25H34N2O3. The van der Waals surface area contributed by atoms with E-state index in [4.69, 9.17) is 4.74 Å². The van der Waals surface area contributed by atoms with Crippen LogP contribution in [0.3, 0.4) is 0 Å². The fourth-order valence-electron chi connectivity index (χ4n) is 3.15. The number of rotatable bonds is 10.